The molecule has 0 atom stereocenters. The lowest BCUT2D eigenvalue weighted by Crippen LogP contribution is -2.32. The molecule has 0 bridgehead atoms. The lowest BCUT2D eigenvalue weighted by Gasteiger charge is -2.19. The first-order valence-electron chi connectivity index (χ1n) is 7.08. The average Bonchev–Trinajstić information content (AvgIpc) is 3.08. The molecule has 0 aliphatic heterocycles. The van der Waals surface area contributed by atoms with Gasteiger partial charge in [-0.3, -0.25) is 4.68 Å². The van der Waals surface area contributed by atoms with E-state index in [1.54, 1.807) is 17.9 Å². The summed E-state index contributed by atoms with van der Waals surface area (Å²) in [5.74, 6) is 0. The van der Waals surface area contributed by atoms with Crippen molar-refractivity contribution in [2.24, 2.45) is 7.05 Å². The number of unbranched alkanes of at least 4 members (excludes halogenated alkanes) is 1. The summed E-state index contributed by atoms with van der Waals surface area (Å²) < 4.78 is 28.8. The minimum absolute atomic E-state index is 0.297. The summed E-state index contributed by atoms with van der Waals surface area (Å²) in [6.45, 7) is 4.95. The predicted octanol–water partition coefficient (Wildman–Crippen LogP) is 2.96. The highest BCUT2D eigenvalue weighted by Crippen LogP contribution is 2.31. The maximum atomic E-state index is 12.9. The van der Waals surface area contributed by atoms with Crippen molar-refractivity contribution in [3.8, 4) is 10.6 Å². The molecular formula is C14H21N3O2S2. The van der Waals surface area contributed by atoms with Gasteiger partial charge in [0.25, 0.3) is 0 Å². The monoisotopic (exact) mass is 327 g/mol. The molecule has 0 radical (unpaired) electrons. The van der Waals surface area contributed by atoms with Crippen LogP contribution in [-0.2, 0) is 17.1 Å². The molecule has 2 rings (SSSR count). The number of thiophene rings is 1. The third-order valence-corrected chi connectivity index (χ3v) is 6.13. The van der Waals surface area contributed by atoms with E-state index in [2.05, 4.69) is 12.0 Å². The molecule has 21 heavy (non-hydrogen) atoms. The summed E-state index contributed by atoms with van der Waals surface area (Å²) in [4.78, 5) is 1.17. The highest BCUT2D eigenvalue weighted by atomic mass is 32.2. The molecule has 7 heteroatoms. The summed E-state index contributed by atoms with van der Waals surface area (Å²) in [6.07, 6.45) is 3.43. The number of sulfonamides is 1. The van der Waals surface area contributed by atoms with Crippen LogP contribution in [-0.4, -0.2) is 35.6 Å². The molecule has 0 N–H and O–H groups in total. The zero-order chi connectivity index (χ0) is 15.5. The molecule has 0 aliphatic carbocycles. The second-order valence-corrected chi connectivity index (χ2v) is 7.70. The van der Waals surface area contributed by atoms with E-state index in [1.807, 2.05) is 24.4 Å². The zero-order valence-corrected chi connectivity index (χ0v) is 14.2. The first-order valence-corrected chi connectivity index (χ1v) is 9.40. The Labute approximate surface area is 130 Å². The summed E-state index contributed by atoms with van der Waals surface area (Å²) in [6, 6.07) is 3.80. The fourth-order valence-electron chi connectivity index (χ4n) is 2.16. The lowest BCUT2D eigenvalue weighted by molar-refractivity contribution is 0.419. The number of rotatable bonds is 7. The van der Waals surface area contributed by atoms with Gasteiger partial charge < -0.3 is 0 Å². The third-order valence-electron chi connectivity index (χ3n) is 3.28. The van der Waals surface area contributed by atoms with Gasteiger partial charge in [-0.2, -0.15) is 9.40 Å². The van der Waals surface area contributed by atoms with Crippen LogP contribution in [0.2, 0.25) is 0 Å². The Balaban J connectivity index is 2.45. The molecular weight excluding hydrogens is 306 g/mol. The van der Waals surface area contributed by atoms with Crippen molar-refractivity contribution in [2.75, 3.05) is 13.1 Å². The van der Waals surface area contributed by atoms with Crippen molar-refractivity contribution >= 4 is 21.4 Å². The van der Waals surface area contributed by atoms with Crippen molar-refractivity contribution < 1.29 is 8.42 Å². The summed E-state index contributed by atoms with van der Waals surface area (Å²) in [5.41, 5.74) is 0.544. The number of aromatic nitrogens is 2. The van der Waals surface area contributed by atoms with E-state index in [0.717, 1.165) is 17.7 Å². The van der Waals surface area contributed by atoms with Crippen LogP contribution in [0.5, 0.6) is 0 Å². The normalized spacial score (nSPS) is 12.2. The van der Waals surface area contributed by atoms with Crippen LogP contribution in [0.25, 0.3) is 10.6 Å². The molecule has 2 aromatic heterocycles. The quantitative estimate of drug-likeness (QED) is 0.785. The molecule has 116 valence electrons. The van der Waals surface area contributed by atoms with E-state index in [1.165, 1.54) is 15.6 Å². The van der Waals surface area contributed by atoms with E-state index < -0.39 is 10.0 Å². The van der Waals surface area contributed by atoms with Gasteiger partial charge in [0.1, 0.15) is 10.6 Å². The predicted molar refractivity (Wildman–Crippen MR) is 85.9 cm³/mol. The van der Waals surface area contributed by atoms with Gasteiger partial charge in [0.05, 0.1) is 4.88 Å². The van der Waals surface area contributed by atoms with Crippen molar-refractivity contribution in [3.63, 3.8) is 0 Å². The molecule has 0 aromatic carbocycles. The Morgan fingerprint density at radius 2 is 2.14 bits per heavy atom. The molecule has 0 saturated heterocycles. The minimum Gasteiger partial charge on any atom is -0.274 e. The van der Waals surface area contributed by atoms with Gasteiger partial charge in [-0.05, 0) is 17.9 Å². The van der Waals surface area contributed by atoms with Crippen molar-refractivity contribution in [1.29, 1.82) is 0 Å². The van der Waals surface area contributed by atoms with Gasteiger partial charge in [-0.15, -0.1) is 11.3 Å². The van der Waals surface area contributed by atoms with Gasteiger partial charge >= 0.3 is 0 Å². The van der Waals surface area contributed by atoms with Crippen LogP contribution < -0.4 is 0 Å². The first kappa shape index (κ1) is 16.2. The zero-order valence-electron chi connectivity index (χ0n) is 12.6. The lowest BCUT2D eigenvalue weighted by atomic mass is 10.3. The summed E-state index contributed by atoms with van der Waals surface area (Å²) >= 11 is 1.50. The molecule has 0 aliphatic rings. The van der Waals surface area contributed by atoms with E-state index in [4.69, 9.17) is 0 Å². The molecule has 2 heterocycles. The number of nitrogens with zero attached hydrogens (tertiary/aromatic N) is 3. The van der Waals surface area contributed by atoms with Crippen molar-refractivity contribution in [3.05, 3.63) is 23.7 Å². The summed E-state index contributed by atoms with van der Waals surface area (Å²) in [5, 5.41) is 6.26. The van der Waals surface area contributed by atoms with Crippen LogP contribution >= 0.6 is 11.3 Å². The summed E-state index contributed by atoms with van der Waals surface area (Å²) in [7, 11) is -1.75. The average molecular weight is 327 g/mol. The molecule has 0 spiro atoms. The minimum atomic E-state index is -3.50. The molecule has 5 nitrogen and oxygen atoms in total. The van der Waals surface area contributed by atoms with Gasteiger partial charge in [-0.25, -0.2) is 8.42 Å². The van der Waals surface area contributed by atoms with E-state index >= 15 is 0 Å². The SMILES string of the molecule is CCCCN(CC)S(=O)(=O)c1cn(C)nc1-c1cccs1. The Bertz CT molecular complexity index is 675. The van der Waals surface area contributed by atoms with Gasteiger partial charge in [0, 0.05) is 26.3 Å². The van der Waals surface area contributed by atoms with E-state index in [0.29, 0.717) is 23.7 Å². The van der Waals surface area contributed by atoms with Crippen LogP contribution in [0.15, 0.2) is 28.6 Å². The Kier molecular flexibility index (Phi) is 5.18. The number of aryl methyl sites for hydroxylation is 1. The second kappa shape index (κ2) is 6.72. The number of hydrogen-bond acceptors (Lipinski definition) is 4. The van der Waals surface area contributed by atoms with Gasteiger partial charge in [-0.1, -0.05) is 26.3 Å². The van der Waals surface area contributed by atoms with Crippen molar-refractivity contribution in [1.82, 2.24) is 14.1 Å². The third kappa shape index (κ3) is 3.36. The van der Waals surface area contributed by atoms with E-state index in [9.17, 15) is 8.42 Å². The Morgan fingerprint density at radius 1 is 1.38 bits per heavy atom. The van der Waals surface area contributed by atoms with Crippen molar-refractivity contribution in [2.45, 2.75) is 31.6 Å². The van der Waals surface area contributed by atoms with Crippen LogP contribution in [0.3, 0.4) is 0 Å². The first-order chi connectivity index (χ1) is 10.0. The fourth-order valence-corrected chi connectivity index (χ4v) is 4.62. The Hall–Kier alpha value is -1.18. The largest absolute Gasteiger partial charge is 0.274 e. The van der Waals surface area contributed by atoms with Crippen LogP contribution in [0.1, 0.15) is 26.7 Å². The molecule has 0 fully saturated rings. The van der Waals surface area contributed by atoms with Crippen LogP contribution in [0, 0.1) is 0 Å². The van der Waals surface area contributed by atoms with Gasteiger partial charge in [0.15, 0.2) is 0 Å². The standard InChI is InChI=1S/C14H21N3O2S2/c1-4-6-9-17(5-2)21(18,19)13-11-16(3)15-14(13)12-8-7-10-20-12/h7-8,10-11H,4-6,9H2,1-3H3. The molecule has 0 saturated carbocycles. The highest BCUT2D eigenvalue weighted by Gasteiger charge is 2.28. The Morgan fingerprint density at radius 3 is 2.71 bits per heavy atom. The molecule has 2 aromatic rings. The highest BCUT2D eigenvalue weighted by molar-refractivity contribution is 7.89. The maximum Gasteiger partial charge on any atom is 0.246 e. The van der Waals surface area contributed by atoms with Crippen LogP contribution in [0.4, 0.5) is 0 Å². The smallest absolute Gasteiger partial charge is 0.246 e. The second-order valence-electron chi connectivity index (χ2n) is 4.84. The van der Waals surface area contributed by atoms with E-state index in [-0.39, 0.29) is 0 Å². The fraction of sp³-hybridized carbons (Fsp3) is 0.500. The molecule has 0 amide bonds. The number of hydrogen-bond donors (Lipinski definition) is 0. The maximum absolute atomic E-state index is 12.9. The topological polar surface area (TPSA) is 55.2 Å². The molecule has 0 unspecified atom stereocenters. The van der Waals surface area contributed by atoms with Gasteiger partial charge in [0.2, 0.25) is 10.0 Å².